The third-order valence-electron chi connectivity index (χ3n) is 2.82. The Morgan fingerprint density at radius 1 is 1.25 bits per heavy atom. The molecule has 0 fully saturated rings. The highest BCUT2D eigenvalue weighted by molar-refractivity contribution is 6.31. The van der Waals surface area contributed by atoms with Gasteiger partial charge in [0.05, 0.1) is 17.7 Å². The molecule has 2 aromatic rings. The first-order chi connectivity index (χ1) is 9.58. The molecule has 0 aliphatic carbocycles. The van der Waals surface area contributed by atoms with E-state index in [1.54, 1.807) is 18.2 Å². The Kier molecular flexibility index (Phi) is 4.02. The monoisotopic (exact) mass is 289 g/mol. The first-order valence-corrected chi connectivity index (χ1v) is 6.03. The molecular weight excluding hydrogens is 281 g/mol. The summed E-state index contributed by atoms with van der Waals surface area (Å²) in [6.45, 7) is 0. The Bertz CT molecular complexity index is 705. The zero-order chi connectivity index (χ0) is 14.7. The molecule has 0 saturated heterocycles. The van der Waals surface area contributed by atoms with E-state index in [2.05, 4.69) is 4.74 Å². The lowest BCUT2D eigenvalue weighted by Crippen LogP contribution is -2.00. The van der Waals surface area contributed by atoms with Crippen molar-refractivity contribution in [3.63, 3.8) is 0 Å². The number of hydrogen-bond donors (Lipinski definition) is 0. The van der Waals surface area contributed by atoms with Gasteiger partial charge in [-0.15, -0.1) is 0 Å². The number of carbonyl (C=O) groups is 1. The summed E-state index contributed by atoms with van der Waals surface area (Å²) in [5, 5.41) is 8.95. The Morgan fingerprint density at radius 3 is 2.45 bits per heavy atom. The summed E-state index contributed by atoms with van der Waals surface area (Å²) in [6.07, 6.45) is 0. The molecule has 0 bridgehead atoms. The molecule has 0 aliphatic rings. The van der Waals surface area contributed by atoms with Gasteiger partial charge in [-0.25, -0.2) is 9.18 Å². The van der Waals surface area contributed by atoms with Crippen molar-refractivity contribution in [3.8, 4) is 17.2 Å². The number of esters is 1. The standard InChI is InChI=1S/C15H9ClFNO2/c1-20-15(19)10-4-2-9(3-5-10)11-6-7-13(16)12(8-18)14(11)17/h2-7H,1H3. The molecule has 0 aliphatic heterocycles. The Morgan fingerprint density at radius 2 is 1.90 bits per heavy atom. The predicted octanol–water partition coefficient (Wildman–Crippen LogP) is 3.80. The molecule has 0 radical (unpaired) electrons. The zero-order valence-corrected chi connectivity index (χ0v) is 11.2. The summed E-state index contributed by atoms with van der Waals surface area (Å²) in [5.74, 6) is -1.14. The van der Waals surface area contributed by atoms with E-state index in [0.717, 1.165) is 0 Å². The van der Waals surface area contributed by atoms with Crippen LogP contribution in [0.3, 0.4) is 0 Å². The smallest absolute Gasteiger partial charge is 0.337 e. The molecule has 0 N–H and O–H groups in total. The fourth-order valence-corrected chi connectivity index (χ4v) is 1.97. The molecule has 0 unspecified atom stereocenters. The van der Waals surface area contributed by atoms with Crippen LogP contribution in [0.2, 0.25) is 5.02 Å². The van der Waals surface area contributed by atoms with Gasteiger partial charge in [-0.3, -0.25) is 0 Å². The van der Waals surface area contributed by atoms with Crippen molar-refractivity contribution in [1.29, 1.82) is 5.26 Å². The van der Waals surface area contributed by atoms with Crippen LogP contribution < -0.4 is 0 Å². The number of hydrogen-bond acceptors (Lipinski definition) is 3. The van der Waals surface area contributed by atoms with Gasteiger partial charge < -0.3 is 4.74 Å². The van der Waals surface area contributed by atoms with Crippen LogP contribution in [-0.4, -0.2) is 13.1 Å². The van der Waals surface area contributed by atoms with Gasteiger partial charge in [-0.05, 0) is 29.8 Å². The lowest BCUT2D eigenvalue weighted by molar-refractivity contribution is 0.0601. The molecule has 2 aromatic carbocycles. The summed E-state index contributed by atoms with van der Waals surface area (Å²) < 4.78 is 18.7. The van der Waals surface area contributed by atoms with Crippen LogP contribution in [0.5, 0.6) is 0 Å². The molecule has 0 saturated carbocycles. The average molecular weight is 290 g/mol. The first-order valence-electron chi connectivity index (χ1n) is 5.65. The quantitative estimate of drug-likeness (QED) is 0.790. The minimum atomic E-state index is -0.675. The van der Waals surface area contributed by atoms with E-state index in [4.69, 9.17) is 16.9 Å². The summed E-state index contributed by atoms with van der Waals surface area (Å²) in [5.41, 5.74) is 0.970. The van der Waals surface area contributed by atoms with Crippen LogP contribution in [0.4, 0.5) is 4.39 Å². The third kappa shape index (κ3) is 2.49. The van der Waals surface area contributed by atoms with Crippen LogP contribution in [0.15, 0.2) is 36.4 Å². The Balaban J connectivity index is 2.48. The van der Waals surface area contributed by atoms with E-state index in [1.807, 2.05) is 0 Å². The van der Waals surface area contributed by atoms with Crippen molar-refractivity contribution in [1.82, 2.24) is 0 Å². The number of halogens is 2. The van der Waals surface area contributed by atoms with Gasteiger partial charge in [0.25, 0.3) is 0 Å². The zero-order valence-electron chi connectivity index (χ0n) is 10.5. The summed E-state index contributed by atoms with van der Waals surface area (Å²) in [4.78, 5) is 11.3. The van der Waals surface area contributed by atoms with Crippen LogP contribution in [0.1, 0.15) is 15.9 Å². The van der Waals surface area contributed by atoms with Crippen molar-refractivity contribution in [2.75, 3.05) is 7.11 Å². The number of methoxy groups -OCH3 is 1. The number of carbonyl (C=O) groups excluding carboxylic acids is 1. The second-order valence-corrected chi connectivity index (χ2v) is 4.37. The molecule has 2 rings (SSSR count). The average Bonchev–Trinajstić information content (AvgIpc) is 2.47. The van der Waals surface area contributed by atoms with Gasteiger partial charge in [0.2, 0.25) is 0 Å². The van der Waals surface area contributed by atoms with Gasteiger partial charge >= 0.3 is 5.97 Å². The van der Waals surface area contributed by atoms with E-state index in [0.29, 0.717) is 11.1 Å². The maximum atomic E-state index is 14.1. The third-order valence-corrected chi connectivity index (χ3v) is 3.13. The summed E-state index contributed by atoms with van der Waals surface area (Å²) in [6, 6.07) is 10.9. The lowest BCUT2D eigenvalue weighted by Gasteiger charge is -2.07. The highest BCUT2D eigenvalue weighted by Gasteiger charge is 2.14. The van der Waals surface area contributed by atoms with E-state index in [1.165, 1.54) is 31.4 Å². The fraction of sp³-hybridized carbons (Fsp3) is 0.0667. The minimum absolute atomic E-state index is 0.0694. The Hall–Kier alpha value is -2.38. The molecule has 0 atom stereocenters. The number of rotatable bonds is 2. The number of benzene rings is 2. The summed E-state index contributed by atoms with van der Waals surface area (Å²) in [7, 11) is 1.29. The van der Waals surface area contributed by atoms with E-state index in [-0.39, 0.29) is 16.1 Å². The fourth-order valence-electron chi connectivity index (χ4n) is 1.78. The predicted molar refractivity (Wildman–Crippen MR) is 72.9 cm³/mol. The van der Waals surface area contributed by atoms with E-state index < -0.39 is 11.8 Å². The van der Waals surface area contributed by atoms with Crippen molar-refractivity contribution < 1.29 is 13.9 Å². The van der Waals surface area contributed by atoms with Crippen molar-refractivity contribution in [2.24, 2.45) is 0 Å². The molecule has 5 heteroatoms. The lowest BCUT2D eigenvalue weighted by atomic mass is 10.0. The van der Waals surface area contributed by atoms with Crippen molar-refractivity contribution in [3.05, 3.63) is 58.4 Å². The molecule has 0 aromatic heterocycles. The summed E-state index contributed by atoms with van der Waals surface area (Å²) >= 11 is 5.75. The van der Waals surface area contributed by atoms with Crippen molar-refractivity contribution in [2.45, 2.75) is 0 Å². The SMILES string of the molecule is COC(=O)c1ccc(-c2ccc(Cl)c(C#N)c2F)cc1. The van der Waals surface area contributed by atoms with Gasteiger partial charge in [0.1, 0.15) is 17.4 Å². The van der Waals surface area contributed by atoms with Crippen LogP contribution in [-0.2, 0) is 4.74 Å². The first kappa shape index (κ1) is 14.0. The van der Waals surface area contributed by atoms with Crippen LogP contribution in [0, 0.1) is 17.1 Å². The number of nitrogens with zero attached hydrogens (tertiary/aromatic N) is 1. The molecule has 100 valence electrons. The number of nitriles is 1. The second-order valence-electron chi connectivity index (χ2n) is 3.96. The molecule has 0 heterocycles. The van der Waals surface area contributed by atoms with Gasteiger partial charge in [-0.2, -0.15) is 5.26 Å². The normalized spacial score (nSPS) is 9.90. The van der Waals surface area contributed by atoms with Gasteiger partial charge in [-0.1, -0.05) is 23.7 Å². The Labute approximate surface area is 120 Å². The second kappa shape index (κ2) is 5.72. The largest absolute Gasteiger partial charge is 0.465 e. The van der Waals surface area contributed by atoms with Crippen molar-refractivity contribution >= 4 is 17.6 Å². The molecular formula is C15H9ClFNO2. The maximum absolute atomic E-state index is 14.1. The highest BCUT2D eigenvalue weighted by atomic mass is 35.5. The number of ether oxygens (including phenoxy) is 1. The highest BCUT2D eigenvalue weighted by Crippen LogP contribution is 2.29. The molecule has 3 nitrogen and oxygen atoms in total. The topological polar surface area (TPSA) is 50.1 Å². The molecule has 0 spiro atoms. The van der Waals surface area contributed by atoms with Gasteiger partial charge in [0.15, 0.2) is 0 Å². The maximum Gasteiger partial charge on any atom is 0.337 e. The van der Waals surface area contributed by atoms with Crippen LogP contribution >= 0.6 is 11.6 Å². The van der Waals surface area contributed by atoms with E-state index in [9.17, 15) is 9.18 Å². The molecule has 20 heavy (non-hydrogen) atoms. The van der Waals surface area contributed by atoms with Crippen LogP contribution in [0.25, 0.3) is 11.1 Å². The van der Waals surface area contributed by atoms with E-state index >= 15 is 0 Å². The van der Waals surface area contributed by atoms with Gasteiger partial charge in [0, 0.05) is 5.56 Å². The minimum Gasteiger partial charge on any atom is -0.465 e. The molecule has 0 amide bonds.